The average molecular weight is 867 g/mol. The lowest BCUT2D eigenvalue weighted by molar-refractivity contribution is 0.293. The molecule has 0 amide bonds. The molecule has 1 aromatic carbocycles. The number of benzene rings is 1. The van der Waals surface area contributed by atoms with Crippen LogP contribution in [-0.4, -0.2) is 13.2 Å². The van der Waals surface area contributed by atoms with Crippen LogP contribution >= 0.6 is 45.2 Å². The number of hydrogen-bond acceptors (Lipinski definition) is 2. The molecule has 0 heterocycles. The van der Waals surface area contributed by atoms with E-state index in [1.807, 2.05) is 0 Å². The normalized spacial score (nSPS) is 11.4. The van der Waals surface area contributed by atoms with Crippen molar-refractivity contribution in [2.45, 2.75) is 219 Å². The topological polar surface area (TPSA) is 18.5 Å². The molecule has 1 rings (SSSR count). The fourth-order valence-corrected chi connectivity index (χ4v) is 7.58. The molecule has 1 aromatic rings. The zero-order valence-corrected chi connectivity index (χ0v) is 35.1. The van der Waals surface area contributed by atoms with Crippen molar-refractivity contribution in [2.75, 3.05) is 13.2 Å². The first-order chi connectivity index (χ1) is 22.7. The van der Waals surface area contributed by atoms with Crippen LogP contribution in [0.2, 0.25) is 0 Å². The van der Waals surface area contributed by atoms with Gasteiger partial charge in [-0.3, -0.25) is 0 Å². The fraction of sp³-hybridized carbons (Fsp3) is 0.857. The maximum absolute atomic E-state index is 6.16. The third-order valence-corrected chi connectivity index (χ3v) is 11.2. The highest BCUT2D eigenvalue weighted by Crippen LogP contribution is 2.31. The summed E-state index contributed by atoms with van der Waals surface area (Å²) in [5.41, 5.74) is 0. The fourth-order valence-electron chi connectivity index (χ4n) is 6.40. The summed E-state index contributed by atoms with van der Waals surface area (Å²) in [7, 11) is 0. The second-order valence-electron chi connectivity index (χ2n) is 14.0. The molecular formula is C42H76I2O2. The Kier molecular flexibility index (Phi) is 33.8. The third kappa shape index (κ3) is 28.2. The molecule has 0 aromatic heterocycles. The summed E-state index contributed by atoms with van der Waals surface area (Å²) in [4.78, 5) is 0. The predicted molar refractivity (Wildman–Crippen MR) is 222 cm³/mol. The van der Waals surface area contributed by atoms with Gasteiger partial charge in [-0.25, -0.2) is 0 Å². The summed E-state index contributed by atoms with van der Waals surface area (Å²) >= 11 is 4.81. The lowest BCUT2D eigenvalue weighted by Gasteiger charge is -2.13. The van der Waals surface area contributed by atoms with Crippen LogP contribution in [0.3, 0.4) is 0 Å². The Bertz CT molecular complexity index is 705. The van der Waals surface area contributed by atoms with Gasteiger partial charge in [-0.05, 0) is 70.2 Å². The average Bonchev–Trinajstić information content (AvgIpc) is 3.05. The minimum absolute atomic E-state index is 0.823. The molecule has 0 N–H and O–H groups in total. The van der Waals surface area contributed by atoms with Crippen molar-refractivity contribution >= 4 is 45.2 Å². The Balaban J connectivity index is 1.92. The first-order valence-electron chi connectivity index (χ1n) is 20.4. The van der Waals surface area contributed by atoms with Gasteiger partial charge >= 0.3 is 0 Å². The van der Waals surface area contributed by atoms with Crippen molar-refractivity contribution in [1.29, 1.82) is 0 Å². The smallest absolute Gasteiger partial charge is 0.133 e. The number of unbranched alkanes of at least 4 members (excludes halogenated alkanes) is 30. The van der Waals surface area contributed by atoms with E-state index in [0.717, 1.165) is 44.7 Å². The van der Waals surface area contributed by atoms with Crippen molar-refractivity contribution in [3.05, 3.63) is 19.3 Å². The summed E-state index contributed by atoms with van der Waals surface area (Å²) in [6.07, 6.45) is 44.8. The van der Waals surface area contributed by atoms with E-state index in [1.165, 1.54) is 193 Å². The van der Waals surface area contributed by atoms with Gasteiger partial charge in [0.15, 0.2) is 0 Å². The highest BCUT2D eigenvalue weighted by Gasteiger charge is 2.09. The lowest BCUT2D eigenvalue weighted by Crippen LogP contribution is -2.02. The van der Waals surface area contributed by atoms with Gasteiger partial charge in [-0.1, -0.05) is 206 Å². The molecule has 2 nitrogen and oxygen atoms in total. The van der Waals surface area contributed by atoms with Crippen LogP contribution in [0.5, 0.6) is 11.5 Å². The predicted octanol–water partition coefficient (Wildman–Crippen LogP) is 16.2. The minimum Gasteiger partial charge on any atom is -0.492 e. The van der Waals surface area contributed by atoms with Crippen molar-refractivity contribution < 1.29 is 9.47 Å². The third-order valence-electron chi connectivity index (χ3n) is 9.50. The molecular weight excluding hydrogens is 790 g/mol. The molecule has 0 aliphatic heterocycles. The molecule has 0 bridgehead atoms. The van der Waals surface area contributed by atoms with E-state index in [4.69, 9.17) is 9.47 Å². The molecule has 4 heteroatoms. The monoisotopic (exact) mass is 866 g/mol. The van der Waals surface area contributed by atoms with Crippen molar-refractivity contribution in [2.24, 2.45) is 0 Å². The van der Waals surface area contributed by atoms with Gasteiger partial charge < -0.3 is 9.47 Å². The summed E-state index contributed by atoms with van der Waals surface area (Å²) in [5.74, 6) is 2.03. The van der Waals surface area contributed by atoms with Gasteiger partial charge in [0.05, 0.1) is 20.4 Å². The summed E-state index contributed by atoms with van der Waals surface area (Å²) < 4.78 is 14.7. The maximum atomic E-state index is 6.16. The van der Waals surface area contributed by atoms with E-state index >= 15 is 0 Å². The highest BCUT2D eigenvalue weighted by atomic mass is 127. The minimum atomic E-state index is 0.823. The van der Waals surface area contributed by atoms with Gasteiger partial charge in [0.1, 0.15) is 11.5 Å². The Morgan fingerprint density at radius 3 is 0.739 bits per heavy atom. The van der Waals surface area contributed by atoms with Gasteiger partial charge in [0.2, 0.25) is 0 Å². The zero-order valence-electron chi connectivity index (χ0n) is 30.8. The lowest BCUT2D eigenvalue weighted by atomic mass is 10.0. The van der Waals surface area contributed by atoms with E-state index in [2.05, 4.69) is 71.2 Å². The largest absolute Gasteiger partial charge is 0.492 e. The molecule has 0 saturated heterocycles. The number of rotatable bonds is 36. The SMILES string of the molecule is CCCCCCCCCCCCCCCCCCOc1cc(I)c(OCCCCCCCCCCCCCCCCCC)cc1I. The number of ether oxygens (including phenoxy) is 2. The Morgan fingerprint density at radius 2 is 0.522 bits per heavy atom. The second kappa shape index (κ2) is 35.1. The number of halogens is 2. The molecule has 0 aliphatic carbocycles. The standard InChI is InChI=1S/C42H76I2O2/c1-3-5-7-9-11-13-15-17-19-21-23-25-27-29-31-33-35-45-41-37-40(44)42(38-39(41)43)46-36-34-32-30-28-26-24-22-20-18-16-14-12-10-8-6-4-2/h37-38H,3-36H2,1-2H3. The van der Waals surface area contributed by atoms with E-state index < -0.39 is 0 Å². The highest BCUT2D eigenvalue weighted by molar-refractivity contribution is 14.1. The van der Waals surface area contributed by atoms with Crippen LogP contribution in [0, 0.1) is 7.14 Å². The molecule has 270 valence electrons. The van der Waals surface area contributed by atoms with E-state index in [9.17, 15) is 0 Å². The van der Waals surface area contributed by atoms with Gasteiger partial charge in [-0.2, -0.15) is 0 Å². The van der Waals surface area contributed by atoms with Crippen LogP contribution in [0.25, 0.3) is 0 Å². The number of hydrogen-bond donors (Lipinski definition) is 0. The van der Waals surface area contributed by atoms with Crippen molar-refractivity contribution in [3.63, 3.8) is 0 Å². The molecule has 0 radical (unpaired) electrons. The Hall–Kier alpha value is 0.280. The summed E-state index contributed by atoms with van der Waals surface area (Å²) in [6, 6.07) is 4.33. The second-order valence-corrected chi connectivity index (χ2v) is 16.3. The van der Waals surface area contributed by atoms with Crippen molar-refractivity contribution in [3.8, 4) is 11.5 Å². The quantitative estimate of drug-likeness (QED) is 0.0494. The van der Waals surface area contributed by atoms with E-state index in [1.54, 1.807) is 0 Å². The molecule has 0 fully saturated rings. The zero-order chi connectivity index (χ0) is 33.2. The Morgan fingerprint density at radius 1 is 0.326 bits per heavy atom. The van der Waals surface area contributed by atoms with Crippen LogP contribution in [-0.2, 0) is 0 Å². The summed E-state index contributed by atoms with van der Waals surface area (Å²) in [6.45, 7) is 6.25. The Labute approximate surface area is 315 Å². The van der Waals surface area contributed by atoms with Crippen LogP contribution in [0.1, 0.15) is 219 Å². The van der Waals surface area contributed by atoms with Gasteiger partial charge in [0, 0.05) is 0 Å². The van der Waals surface area contributed by atoms with Gasteiger partial charge in [0.25, 0.3) is 0 Å². The molecule has 0 saturated carbocycles. The molecule has 0 aliphatic rings. The molecule has 0 spiro atoms. The molecule has 46 heavy (non-hydrogen) atoms. The van der Waals surface area contributed by atoms with E-state index in [-0.39, 0.29) is 0 Å². The molecule has 0 unspecified atom stereocenters. The van der Waals surface area contributed by atoms with Gasteiger partial charge in [-0.15, -0.1) is 0 Å². The van der Waals surface area contributed by atoms with Crippen LogP contribution < -0.4 is 9.47 Å². The van der Waals surface area contributed by atoms with E-state index in [0.29, 0.717) is 0 Å². The first-order valence-corrected chi connectivity index (χ1v) is 22.6. The molecule has 0 atom stereocenters. The summed E-state index contributed by atoms with van der Waals surface area (Å²) in [5, 5.41) is 0. The van der Waals surface area contributed by atoms with Crippen LogP contribution in [0.15, 0.2) is 12.1 Å². The van der Waals surface area contributed by atoms with Crippen molar-refractivity contribution in [1.82, 2.24) is 0 Å². The van der Waals surface area contributed by atoms with Crippen LogP contribution in [0.4, 0.5) is 0 Å². The maximum Gasteiger partial charge on any atom is 0.133 e. The first kappa shape index (κ1) is 44.3.